The molecule has 1 N–H and O–H groups in total. The van der Waals surface area contributed by atoms with Crippen molar-refractivity contribution < 1.29 is 9.45 Å². The maximum absolute atomic E-state index is 10.6. The molecule has 5 nitrogen and oxygen atoms in total. The summed E-state index contributed by atoms with van der Waals surface area (Å²) in [5.74, 6) is 0.532. The first-order valence-corrected chi connectivity index (χ1v) is 9.88. The largest absolute Gasteiger partial charge is 0.454 e. The Hall–Kier alpha value is -1.75. The Bertz CT molecular complexity index is 692. The summed E-state index contributed by atoms with van der Waals surface area (Å²) in [7, 11) is 0. The van der Waals surface area contributed by atoms with Crippen molar-refractivity contribution in [1.29, 1.82) is 0 Å². The number of rotatable bonds is 6. The number of nitro benzene ring substituents is 1. The molecule has 0 aromatic heterocycles. The van der Waals surface area contributed by atoms with Crippen LogP contribution in [0, 0.1) is 10.1 Å². The third kappa shape index (κ3) is 4.63. The minimum atomic E-state index is -2.26. The van der Waals surface area contributed by atoms with Crippen molar-refractivity contribution in [2.24, 2.45) is 0 Å². The van der Waals surface area contributed by atoms with Gasteiger partial charge in [-0.15, -0.1) is 0 Å². The molecule has 22 heavy (non-hydrogen) atoms. The monoisotopic (exact) mass is 336 g/mol. The predicted molar refractivity (Wildman–Crippen MR) is 91.9 cm³/mol. The van der Waals surface area contributed by atoms with E-state index in [0.29, 0.717) is 5.75 Å². The van der Waals surface area contributed by atoms with Gasteiger partial charge in [-0.3, -0.25) is 15.2 Å². The molecule has 0 heterocycles. The van der Waals surface area contributed by atoms with E-state index in [-0.39, 0.29) is 11.7 Å². The van der Waals surface area contributed by atoms with Crippen molar-refractivity contribution in [3.63, 3.8) is 0 Å². The average Bonchev–Trinajstić information content (AvgIpc) is 2.47. The number of benzene rings is 2. The van der Waals surface area contributed by atoms with Crippen LogP contribution in [-0.4, -0.2) is 11.6 Å². The van der Waals surface area contributed by atoms with Crippen LogP contribution < -0.4 is 9.61 Å². The van der Waals surface area contributed by atoms with E-state index in [1.54, 1.807) is 12.1 Å². The highest BCUT2D eigenvalue weighted by atomic mass is 32.4. The first-order chi connectivity index (χ1) is 10.4. The molecule has 0 saturated carbocycles. The van der Waals surface area contributed by atoms with Crippen LogP contribution >= 0.6 is 6.42 Å². The van der Waals surface area contributed by atoms with Gasteiger partial charge in [-0.05, 0) is 36.4 Å². The van der Waals surface area contributed by atoms with E-state index in [4.69, 9.17) is 16.3 Å². The molecule has 7 heteroatoms. The van der Waals surface area contributed by atoms with Gasteiger partial charge in [-0.2, -0.15) is 0 Å². The lowest BCUT2D eigenvalue weighted by Gasteiger charge is -2.24. The summed E-state index contributed by atoms with van der Waals surface area (Å²) in [6.07, 6.45) is -2.26. The number of hydrogen-bond donors (Lipinski definition) is 1. The summed E-state index contributed by atoms with van der Waals surface area (Å²) in [5, 5.41) is 14.0. The van der Waals surface area contributed by atoms with Crippen molar-refractivity contribution in [3.8, 4) is 5.75 Å². The van der Waals surface area contributed by atoms with E-state index in [2.05, 4.69) is 5.09 Å². The van der Waals surface area contributed by atoms with Crippen LogP contribution in [0.5, 0.6) is 5.75 Å². The van der Waals surface area contributed by atoms with Gasteiger partial charge in [0.15, 0.2) is 6.42 Å². The van der Waals surface area contributed by atoms with Gasteiger partial charge in [0.1, 0.15) is 5.75 Å². The summed E-state index contributed by atoms with van der Waals surface area (Å²) >= 11 is 5.53. The van der Waals surface area contributed by atoms with Gasteiger partial charge >= 0.3 is 0 Å². The van der Waals surface area contributed by atoms with Crippen LogP contribution in [0.15, 0.2) is 54.6 Å². The second-order valence-corrected chi connectivity index (χ2v) is 9.17. The zero-order chi connectivity index (χ0) is 16.2. The molecule has 0 amide bonds. The van der Waals surface area contributed by atoms with Crippen molar-refractivity contribution in [2.75, 3.05) is 6.66 Å². The molecule has 0 spiro atoms. The second-order valence-electron chi connectivity index (χ2n) is 4.95. The van der Waals surface area contributed by atoms with E-state index in [1.165, 1.54) is 12.1 Å². The highest BCUT2D eigenvalue weighted by molar-refractivity contribution is 8.11. The third-order valence-electron chi connectivity index (χ3n) is 3.05. The lowest BCUT2D eigenvalue weighted by Crippen LogP contribution is -2.17. The third-order valence-corrected chi connectivity index (χ3v) is 5.01. The van der Waals surface area contributed by atoms with Gasteiger partial charge in [0, 0.05) is 24.8 Å². The van der Waals surface area contributed by atoms with Crippen LogP contribution in [-0.2, 0) is 11.8 Å². The molecule has 0 aliphatic heterocycles. The Morgan fingerprint density at radius 2 is 1.77 bits per heavy atom. The molecule has 0 unspecified atom stereocenters. The molecule has 0 aliphatic carbocycles. The summed E-state index contributed by atoms with van der Waals surface area (Å²) < 4.78 is 5.82. The van der Waals surface area contributed by atoms with Crippen LogP contribution in [0.4, 0.5) is 5.69 Å². The molecule has 2 atom stereocenters. The Labute approximate surface area is 134 Å². The maximum Gasteiger partial charge on any atom is 0.269 e. The molecule has 116 valence electrons. The molecule has 0 bridgehead atoms. The van der Waals surface area contributed by atoms with E-state index < -0.39 is 11.3 Å². The van der Waals surface area contributed by atoms with E-state index in [9.17, 15) is 10.1 Å². The summed E-state index contributed by atoms with van der Waals surface area (Å²) in [6, 6.07) is 16.0. The van der Waals surface area contributed by atoms with Crippen LogP contribution in [0.2, 0.25) is 0 Å². The first kappa shape index (κ1) is 16.6. The van der Waals surface area contributed by atoms with Gasteiger partial charge in [0.25, 0.3) is 5.69 Å². The molecule has 2 aromatic carbocycles. The Morgan fingerprint density at radius 1 is 1.18 bits per heavy atom. The fourth-order valence-electron chi connectivity index (χ4n) is 2.02. The summed E-state index contributed by atoms with van der Waals surface area (Å²) in [6.45, 7) is 3.88. The second kappa shape index (κ2) is 7.01. The summed E-state index contributed by atoms with van der Waals surface area (Å²) in [4.78, 5) is 10.2. The van der Waals surface area contributed by atoms with Crippen molar-refractivity contribution >= 4 is 23.9 Å². The SMILES string of the molecule is C[C@H](N[P@@](C)(=S)Oc1ccc([N+](=O)[O-])cc1)c1ccccc1. The fourth-order valence-corrected chi connectivity index (χ4v) is 4.19. The van der Waals surface area contributed by atoms with Gasteiger partial charge in [-0.25, -0.2) is 0 Å². The summed E-state index contributed by atoms with van der Waals surface area (Å²) in [5.41, 5.74) is 1.16. The molecule has 2 aromatic rings. The Morgan fingerprint density at radius 3 is 2.32 bits per heavy atom. The topological polar surface area (TPSA) is 64.4 Å². The zero-order valence-electron chi connectivity index (χ0n) is 12.3. The zero-order valence-corrected chi connectivity index (χ0v) is 14.0. The normalized spacial score (nSPS) is 14.8. The van der Waals surface area contributed by atoms with E-state index >= 15 is 0 Å². The first-order valence-electron chi connectivity index (χ1n) is 6.72. The molecule has 0 radical (unpaired) electrons. The molecule has 0 aliphatic rings. The van der Waals surface area contributed by atoms with Crippen LogP contribution in [0.25, 0.3) is 0 Å². The molecule has 0 fully saturated rings. The number of nitro groups is 1. The lowest BCUT2D eigenvalue weighted by molar-refractivity contribution is -0.384. The van der Waals surface area contributed by atoms with E-state index in [1.807, 2.05) is 43.9 Å². The van der Waals surface area contributed by atoms with Gasteiger partial charge in [0.2, 0.25) is 0 Å². The smallest absolute Gasteiger partial charge is 0.269 e. The molecular weight excluding hydrogens is 319 g/mol. The lowest BCUT2D eigenvalue weighted by atomic mass is 10.1. The Kier molecular flexibility index (Phi) is 5.29. The fraction of sp³-hybridized carbons (Fsp3) is 0.200. The molecule has 2 rings (SSSR count). The number of nitrogens with one attached hydrogen (secondary N) is 1. The number of non-ortho nitro benzene ring substituents is 1. The van der Waals surface area contributed by atoms with Gasteiger partial charge in [0.05, 0.1) is 4.92 Å². The number of hydrogen-bond acceptors (Lipinski definition) is 4. The van der Waals surface area contributed by atoms with Crippen molar-refractivity contribution in [3.05, 3.63) is 70.3 Å². The highest BCUT2D eigenvalue weighted by Crippen LogP contribution is 2.42. The quantitative estimate of drug-likeness (QED) is 0.485. The Balaban J connectivity index is 2.04. The van der Waals surface area contributed by atoms with Crippen LogP contribution in [0.3, 0.4) is 0 Å². The minimum Gasteiger partial charge on any atom is -0.454 e. The molecule has 0 saturated heterocycles. The van der Waals surface area contributed by atoms with Gasteiger partial charge in [-0.1, -0.05) is 30.3 Å². The number of nitrogens with zero attached hydrogens (tertiary/aromatic N) is 1. The van der Waals surface area contributed by atoms with Crippen molar-refractivity contribution in [2.45, 2.75) is 13.0 Å². The maximum atomic E-state index is 10.6. The standard InChI is InChI=1S/C15H17N2O3PS/c1-12(13-6-4-3-5-7-13)16-21(2,22)20-15-10-8-14(9-11-15)17(18)19/h3-12H,1-2H3,(H,16,22)/t12-,21+/m0/s1. The van der Waals surface area contributed by atoms with Gasteiger partial charge < -0.3 is 4.52 Å². The van der Waals surface area contributed by atoms with E-state index in [0.717, 1.165) is 5.56 Å². The molecular formula is C15H17N2O3PS. The van der Waals surface area contributed by atoms with Crippen molar-refractivity contribution in [1.82, 2.24) is 5.09 Å². The highest BCUT2D eigenvalue weighted by Gasteiger charge is 2.17. The minimum absolute atomic E-state index is 0.0300. The predicted octanol–water partition coefficient (Wildman–Crippen LogP) is 4.26. The van der Waals surface area contributed by atoms with Crippen LogP contribution in [0.1, 0.15) is 18.5 Å². The average molecular weight is 336 g/mol.